The molecule has 0 bridgehead atoms. The number of carbonyl (C=O) groups is 1. The van der Waals surface area contributed by atoms with Crippen LogP contribution in [0.1, 0.15) is 11.1 Å². The minimum Gasteiger partial charge on any atom is -0.338 e. The molecule has 0 heterocycles. The Labute approximate surface area is 91.1 Å². The first-order valence-corrected chi connectivity index (χ1v) is 5.11. The Hall–Kier alpha value is -1.51. The summed E-state index contributed by atoms with van der Waals surface area (Å²) < 4.78 is 0. The van der Waals surface area contributed by atoms with Gasteiger partial charge < -0.3 is 10.2 Å². The van der Waals surface area contributed by atoms with Crippen molar-refractivity contribution in [2.75, 3.05) is 20.6 Å². The maximum absolute atomic E-state index is 11.2. The fourth-order valence-electron chi connectivity index (χ4n) is 1.35. The molecule has 0 aliphatic heterocycles. The van der Waals surface area contributed by atoms with Crippen molar-refractivity contribution in [2.24, 2.45) is 0 Å². The van der Waals surface area contributed by atoms with Crippen LogP contribution < -0.4 is 5.32 Å². The van der Waals surface area contributed by atoms with Crippen molar-refractivity contribution in [1.29, 1.82) is 0 Å². The van der Waals surface area contributed by atoms with Crippen LogP contribution in [0.4, 0.5) is 4.79 Å². The summed E-state index contributed by atoms with van der Waals surface area (Å²) in [5.74, 6) is 0. The molecule has 2 amide bonds. The second-order valence-corrected chi connectivity index (χ2v) is 3.80. The Morgan fingerprint density at radius 2 is 2.00 bits per heavy atom. The van der Waals surface area contributed by atoms with Crippen LogP contribution in [0.5, 0.6) is 0 Å². The van der Waals surface area contributed by atoms with Gasteiger partial charge in [-0.15, -0.1) is 0 Å². The Morgan fingerprint density at radius 3 is 2.60 bits per heavy atom. The summed E-state index contributed by atoms with van der Waals surface area (Å²) in [6.45, 7) is 2.77. The Morgan fingerprint density at radius 1 is 1.33 bits per heavy atom. The zero-order valence-corrected chi connectivity index (χ0v) is 9.58. The maximum Gasteiger partial charge on any atom is 0.316 e. The third kappa shape index (κ3) is 3.62. The van der Waals surface area contributed by atoms with Crippen LogP contribution in [-0.4, -0.2) is 31.6 Å². The lowest BCUT2D eigenvalue weighted by Crippen LogP contribution is -2.35. The van der Waals surface area contributed by atoms with Gasteiger partial charge >= 0.3 is 6.03 Å². The van der Waals surface area contributed by atoms with Gasteiger partial charge in [0.2, 0.25) is 0 Å². The predicted molar refractivity (Wildman–Crippen MR) is 62.0 cm³/mol. The van der Waals surface area contributed by atoms with Crippen molar-refractivity contribution in [3.63, 3.8) is 0 Å². The molecule has 0 fully saturated rings. The molecule has 0 saturated carbocycles. The van der Waals surface area contributed by atoms with Gasteiger partial charge in [-0.05, 0) is 24.5 Å². The summed E-state index contributed by atoms with van der Waals surface area (Å²) in [7, 11) is 3.48. The van der Waals surface area contributed by atoms with Gasteiger partial charge in [0.25, 0.3) is 0 Å². The van der Waals surface area contributed by atoms with E-state index in [1.807, 2.05) is 12.1 Å². The molecule has 1 aromatic carbocycles. The molecule has 0 radical (unpaired) electrons. The fourth-order valence-corrected chi connectivity index (χ4v) is 1.35. The number of urea groups is 1. The van der Waals surface area contributed by atoms with Gasteiger partial charge in [-0.1, -0.05) is 24.3 Å². The first-order chi connectivity index (χ1) is 7.11. The van der Waals surface area contributed by atoms with E-state index >= 15 is 0 Å². The quantitative estimate of drug-likeness (QED) is 0.803. The van der Waals surface area contributed by atoms with Crippen LogP contribution in [0, 0.1) is 6.92 Å². The lowest BCUT2D eigenvalue weighted by molar-refractivity contribution is 0.217. The molecule has 3 nitrogen and oxygen atoms in total. The van der Waals surface area contributed by atoms with Gasteiger partial charge in [-0.25, -0.2) is 4.79 Å². The van der Waals surface area contributed by atoms with E-state index in [2.05, 4.69) is 24.4 Å². The number of carbonyl (C=O) groups excluding carboxylic acids is 1. The van der Waals surface area contributed by atoms with Crippen LogP contribution in [0.15, 0.2) is 24.3 Å². The van der Waals surface area contributed by atoms with Crippen LogP contribution >= 0.6 is 0 Å². The molecule has 1 N–H and O–H groups in total. The van der Waals surface area contributed by atoms with E-state index in [9.17, 15) is 4.79 Å². The summed E-state index contributed by atoms with van der Waals surface area (Å²) in [6.07, 6.45) is 0.881. The molecule has 1 aromatic rings. The molecule has 0 spiro atoms. The van der Waals surface area contributed by atoms with Gasteiger partial charge in [0.15, 0.2) is 0 Å². The molecule has 0 aromatic heterocycles. The second kappa shape index (κ2) is 5.39. The number of hydrogen-bond donors (Lipinski definition) is 1. The summed E-state index contributed by atoms with van der Waals surface area (Å²) >= 11 is 0. The number of aryl methyl sites for hydroxylation is 1. The molecule has 0 unspecified atom stereocenters. The van der Waals surface area contributed by atoms with Crippen LogP contribution in [0.25, 0.3) is 0 Å². The topological polar surface area (TPSA) is 32.3 Å². The Balaban J connectivity index is 2.38. The number of nitrogens with one attached hydrogen (secondary N) is 1. The van der Waals surface area contributed by atoms with Crippen molar-refractivity contribution in [3.8, 4) is 0 Å². The highest BCUT2D eigenvalue weighted by atomic mass is 16.2. The van der Waals surface area contributed by atoms with E-state index in [-0.39, 0.29) is 6.03 Å². The third-order valence-corrected chi connectivity index (χ3v) is 2.34. The van der Waals surface area contributed by atoms with E-state index < -0.39 is 0 Å². The van der Waals surface area contributed by atoms with Gasteiger partial charge in [0.1, 0.15) is 0 Å². The Bertz CT molecular complexity index is 334. The smallest absolute Gasteiger partial charge is 0.316 e. The largest absolute Gasteiger partial charge is 0.338 e. The number of hydrogen-bond acceptors (Lipinski definition) is 1. The first kappa shape index (κ1) is 11.6. The SMILES string of the molecule is Cc1ccccc1CCNC(=O)N(C)C. The minimum absolute atomic E-state index is 0.0383. The van der Waals surface area contributed by atoms with Gasteiger partial charge in [0.05, 0.1) is 0 Å². The molecular weight excluding hydrogens is 188 g/mol. The zero-order valence-electron chi connectivity index (χ0n) is 9.58. The minimum atomic E-state index is -0.0383. The van der Waals surface area contributed by atoms with E-state index in [4.69, 9.17) is 0 Å². The number of nitrogens with zero attached hydrogens (tertiary/aromatic N) is 1. The highest BCUT2D eigenvalue weighted by Crippen LogP contribution is 2.06. The highest BCUT2D eigenvalue weighted by molar-refractivity contribution is 5.73. The lowest BCUT2D eigenvalue weighted by Gasteiger charge is -2.12. The molecular formula is C12H18N2O. The molecule has 15 heavy (non-hydrogen) atoms. The molecule has 0 aliphatic carbocycles. The summed E-state index contributed by atoms with van der Waals surface area (Å²) in [4.78, 5) is 12.8. The molecule has 0 atom stereocenters. The average molecular weight is 206 g/mol. The fraction of sp³-hybridized carbons (Fsp3) is 0.417. The summed E-state index contributed by atoms with van der Waals surface area (Å²) in [5.41, 5.74) is 2.56. The highest BCUT2D eigenvalue weighted by Gasteiger charge is 2.02. The molecule has 0 saturated heterocycles. The standard InChI is InChI=1S/C12H18N2O/c1-10-6-4-5-7-11(10)8-9-13-12(15)14(2)3/h4-7H,8-9H2,1-3H3,(H,13,15). The number of amides is 2. The number of rotatable bonds is 3. The average Bonchev–Trinajstić information content (AvgIpc) is 2.20. The molecule has 1 rings (SSSR count). The van der Waals surface area contributed by atoms with Crippen molar-refractivity contribution in [3.05, 3.63) is 35.4 Å². The monoisotopic (exact) mass is 206 g/mol. The molecule has 3 heteroatoms. The predicted octanol–water partition coefficient (Wildman–Crippen LogP) is 1.81. The van der Waals surface area contributed by atoms with E-state index in [0.717, 1.165) is 6.42 Å². The second-order valence-electron chi connectivity index (χ2n) is 3.80. The van der Waals surface area contributed by atoms with Crippen LogP contribution in [0.2, 0.25) is 0 Å². The van der Waals surface area contributed by atoms with E-state index in [1.54, 1.807) is 14.1 Å². The van der Waals surface area contributed by atoms with Crippen LogP contribution in [0.3, 0.4) is 0 Å². The Kier molecular flexibility index (Phi) is 4.16. The normalized spacial score (nSPS) is 9.80. The van der Waals surface area contributed by atoms with E-state index in [1.165, 1.54) is 16.0 Å². The van der Waals surface area contributed by atoms with Crippen LogP contribution in [-0.2, 0) is 6.42 Å². The molecule has 82 valence electrons. The van der Waals surface area contributed by atoms with Crippen molar-refractivity contribution in [1.82, 2.24) is 10.2 Å². The van der Waals surface area contributed by atoms with Crippen molar-refractivity contribution in [2.45, 2.75) is 13.3 Å². The molecule has 0 aliphatic rings. The van der Waals surface area contributed by atoms with Crippen molar-refractivity contribution < 1.29 is 4.79 Å². The lowest BCUT2D eigenvalue weighted by atomic mass is 10.1. The van der Waals surface area contributed by atoms with Gasteiger partial charge in [0, 0.05) is 20.6 Å². The van der Waals surface area contributed by atoms with Crippen molar-refractivity contribution >= 4 is 6.03 Å². The summed E-state index contributed by atoms with van der Waals surface area (Å²) in [6, 6.07) is 8.19. The van der Waals surface area contributed by atoms with Gasteiger partial charge in [-0.2, -0.15) is 0 Å². The first-order valence-electron chi connectivity index (χ1n) is 5.11. The zero-order chi connectivity index (χ0) is 11.3. The van der Waals surface area contributed by atoms with Gasteiger partial charge in [-0.3, -0.25) is 0 Å². The van der Waals surface area contributed by atoms with E-state index in [0.29, 0.717) is 6.54 Å². The maximum atomic E-state index is 11.2. The summed E-state index contributed by atoms with van der Waals surface area (Å²) in [5, 5.41) is 2.84. The number of benzene rings is 1. The third-order valence-electron chi connectivity index (χ3n) is 2.34.